The molecule has 2 saturated heterocycles. The molecule has 0 bridgehead atoms. The summed E-state index contributed by atoms with van der Waals surface area (Å²) < 4.78 is 0. The van der Waals surface area contributed by atoms with Crippen molar-refractivity contribution >= 4 is 23.5 Å². The number of imide groups is 1. The minimum Gasteiger partial charge on any atom is -0.390 e. The minimum absolute atomic E-state index is 0.0357. The largest absolute Gasteiger partial charge is 0.390 e. The van der Waals surface area contributed by atoms with Crippen LogP contribution in [0.3, 0.4) is 0 Å². The van der Waals surface area contributed by atoms with Crippen LogP contribution < -0.4 is 5.32 Å². The van der Waals surface area contributed by atoms with Crippen LogP contribution in [0.5, 0.6) is 0 Å². The molecule has 0 aromatic heterocycles. The maximum Gasteiger partial charge on any atom is 0.325 e. The molecule has 1 atom stereocenters. The van der Waals surface area contributed by atoms with E-state index in [1.165, 1.54) is 0 Å². The van der Waals surface area contributed by atoms with Gasteiger partial charge in [-0.3, -0.25) is 9.69 Å². The Balaban J connectivity index is 1.52. The lowest BCUT2D eigenvalue weighted by molar-refractivity contribution is -0.131. The summed E-state index contributed by atoms with van der Waals surface area (Å²) in [6.07, 6.45) is 0.241. The van der Waals surface area contributed by atoms with Gasteiger partial charge in [0.2, 0.25) is 0 Å². The molecule has 0 spiro atoms. The summed E-state index contributed by atoms with van der Waals surface area (Å²) in [6, 6.07) is 6.74. The Kier molecular flexibility index (Phi) is 5.49. The van der Waals surface area contributed by atoms with Gasteiger partial charge < -0.3 is 20.4 Å². The number of hydrogen-bond acceptors (Lipinski definition) is 5. The highest BCUT2D eigenvalue weighted by atomic mass is 35.5. The van der Waals surface area contributed by atoms with Crippen LogP contribution in [0.25, 0.3) is 0 Å². The van der Waals surface area contributed by atoms with Crippen LogP contribution in [0, 0.1) is 0 Å². The number of hydrogen-bond donors (Lipinski definition) is 3. The maximum absolute atomic E-state index is 12.2. The van der Waals surface area contributed by atoms with Gasteiger partial charge >= 0.3 is 6.03 Å². The molecular weight excluding hydrogens is 370 g/mol. The van der Waals surface area contributed by atoms with Crippen molar-refractivity contribution in [1.82, 2.24) is 15.1 Å². The molecular formula is C19H26ClN3O4. The maximum atomic E-state index is 12.2. The molecule has 1 aromatic carbocycles. The van der Waals surface area contributed by atoms with Gasteiger partial charge in [0.25, 0.3) is 5.91 Å². The molecule has 8 heteroatoms. The first-order valence-electron chi connectivity index (χ1n) is 9.14. The van der Waals surface area contributed by atoms with E-state index in [1.807, 2.05) is 17.0 Å². The van der Waals surface area contributed by atoms with E-state index >= 15 is 0 Å². The number of benzene rings is 1. The van der Waals surface area contributed by atoms with E-state index in [2.05, 4.69) is 5.32 Å². The normalized spacial score (nSPS) is 23.4. The monoisotopic (exact) mass is 395 g/mol. The number of β-amino-alcohol motifs (C(OH)–C–C–N with tert-alkyl or cyclic N) is 1. The van der Waals surface area contributed by atoms with Crippen LogP contribution in [0.2, 0.25) is 5.02 Å². The SMILES string of the molecule is CC1(C)NC(=O)N(C[C@H](O)CN2CCC(O)(c3ccc(Cl)cc3)CC2)C1=O. The average molecular weight is 396 g/mol. The first-order valence-corrected chi connectivity index (χ1v) is 9.51. The molecule has 3 rings (SSSR count). The molecule has 0 saturated carbocycles. The van der Waals surface area contributed by atoms with E-state index in [-0.39, 0.29) is 12.5 Å². The van der Waals surface area contributed by atoms with Crippen molar-refractivity contribution in [3.8, 4) is 0 Å². The number of nitrogens with zero attached hydrogens (tertiary/aromatic N) is 2. The number of likely N-dealkylation sites (tertiary alicyclic amines) is 1. The predicted octanol–water partition coefficient (Wildman–Crippen LogP) is 1.31. The molecule has 2 aliphatic rings. The first-order chi connectivity index (χ1) is 12.6. The van der Waals surface area contributed by atoms with Gasteiger partial charge in [0, 0.05) is 24.7 Å². The number of carbonyl (C=O) groups excluding carboxylic acids is 2. The fourth-order valence-electron chi connectivity index (χ4n) is 3.70. The van der Waals surface area contributed by atoms with Gasteiger partial charge in [0.05, 0.1) is 18.2 Å². The van der Waals surface area contributed by atoms with Crippen LogP contribution in [0.4, 0.5) is 4.79 Å². The Labute approximate surface area is 163 Å². The third-order valence-corrected chi connectivity index (χ3v) is 5.62. The summed E-state index contributed by atoms with van der Waals surface area (Å²) in [6.45, 7) is 4.81. The van der Waals surface area contributed by atoms with Crippen molar-refractivity contribution in [1.29, 1.82) is 0 Å². The number of rotatable bonds is 5. The minimum atomic E-state index is -0.934. The van der Waals surface area contributed by atoms with Crippen LogP contribution in [0.15, 0.2) is 24.3 Å². The molecule has 0 unspecified atom stereocenters. The smallest absolute Gasteiger partial charge is 0.325 e. The van der Waals surface area contributed by atoms with Gasteiger partial charge in [-0.05, 0) is 44.4 Å². The number of nitrogens with one attached hydrogen (secondary N) is 1. The number of amides is 3. The van der Waals surface area contributed by atoms with E-state index < -0.39 is 23.3 Å². The molecule has 0 aliphatic carbocycles. The van der Waals surface area contributed by atoms with Gasteiger partial charge in [0.1, 0.15) is 5.54 Å². The molecule has 1 aromatic rings. The van der Waals surface area contributed by atoms with Crippen molar-refractivity contribution < 1.29 is 19.8 Å². The van der Waals surface area contributed by atoms with Crippen LogP contribution in [-0.2, 0) is 10.4 Å². The second kappa shape index (κ2) is 7.39. The highest BCUT2D eigenvalue weighted by Crippen LogP contribution is 2.33. The Morgan fingerprint density at radius 1 is 1.15 bits per heavy atom. The second-order valence-electron chi connectivity index (χ2n) is 7.96. The molecule has 148 valence electrons. The van der Waals surface area contributed by atoms with Gasteiger partial charge in [-0.15, -0.1) is 0 Å². The van der Waals surface area contributed by atoms with E-state index in [1.54, 1.807) is 26.0 Å². The molecule has 3 N–H and O–H groups in total. The van der Waals surface area contributed by atoms with E-state index in [0.717, 1.165) is 10.5 Å². The Morgan fingerprint density at radius 3 is 2.26 bits per heavy atom. The van der Waals surface area contributed by atoms with Gasteiger partial charge in [0.15, 0.2) is 0 Å². The van der Waals surface area contributed by atoms with E-state index in [9.17, 15) is 19.8 Å². The molecule has 7 nitrogen and oxygen atoms in total. The molecule has 27 heavy (non-hydrogen) atoms. The highest BCUT2D eigenvalue weighted by molar-refractivity contribution is 6.30. The Morgan fingerprint density at radius 2 is 1.74 bits per heavy atom. The Hall–Kier alpha value is -1.67. The van der Waals surface area contributed by atoms with Crippen LogP contribution in [0.1, 0.15) is 32.3 Å². The lowest BCUT2D eigenvalue weighted by atomic mass is 9.84. The molecule has 2 fully saturated rings. The number of aliphatic hydroxyl groups excluding tert-OH is 1. The van der Waals surface area contributed by atoms with Crippen molar-refractivity contribution in [2.45, 2.75) is 43.9 Å². The quantitative estimate of drug-likeness (QED) is 0.654. The van der Waals surface area contributed by atoms with Gasteiger partial charge in [-0.1, -0.05) is 23.7 Å². The van der Waals surface area contributed by atoms with Crippen molar-refractivity contribution in [2.24, 2.45) is 0 Å². The first kappa shape index (κ1) is 20.1. The number of urea groups is 1. The summed E-state index contributed by atoms with van der Waals surface area (Å²) in [5.41, 5.74) is -0.994. The van der Waals surface area contributed by atoms with Crippen molar-refractivity contribution in [3.05, 3.63) is 34.9 Å². The molecule has 0 radical (unpaired) electrons. The lowest BCUT2D eigenvalue weighted by Crippen LogP contribution is -2.48. The zero-order valence-electron chi connectivity index (χ0n) is 15.6. The van der Waals surface area contributed by atoms with Crippen LogP contribution >= 0.6 is 11.6 Å². The predicted molar refractivity (Wildman–Crippen MR) is 101 cm³/mol. The summed E-state index contributed by atoms with van der Waals surface area (Å²) in [7, 11) is 0. The number of carbonyl (C=O) groups is 2. The standard InChI is InChI=1S/C19H26ClN3O4/c1-18(2)16(25)23(17(26)21-18)12-15(24)11-22-9-7-19(27,8-10-22)13-3-5-14(20)6-4-13/h3-6,15,24,27H,7-12H2,1-2H3,(H,21,26)/t15-/m1/s1. The molecule has 2 aliphatic heterocycles. The lowest BCUT2D eigenvalue weighted by Gasteiger charge is -2.39. The van der Waals surface area contributed by atoms with E-state index in [0.29, 0.717) is 37.5 Å². The van der Waals surface area contributed by atoms with E-state index in [4.69, 9.17) is 11.6 Å². The third kappa shape index (κ3) is 4.27. The summed E-state index contributed by atoms with van der Waals surface area (Å²) in [5.74, 6) is -0.331. The zero-order chi connectivity index (χ0) is 19.8. The molecule has 3 amide bonds. The third-order valence-electron chi connectivity index (χ3n) is 5.37. The topological polar surface area (TPSA) is 93.1 Å². The van der Waals surface area contributed by atoms with Gasteiger partial charge in [-0.2, -0.15) is 0 Å². The summed E-state index contributed by atoms with van der Waals surface area (Å²) >= 11 is 5.91. The van der Waals surface area contributed by atoms with Crippen molar-refractivity contribution in [2.75, 3.05) is 26.2 Å². The number of piperidine rings is 1. The zero-order valence-corrected chi connectivity index (χ0v) is 16.4. The summed E-state index contributed by atoms with van der Waals surface area (Å²) in [4.78, 5) is 27.2. The average Bonchev–Trinajstić information content (AvgIpc) is 2.79. The number of aliphatic hydroxyl groups is 2. The van der Waals surface area contributed by atoms with Gasteiger partial charge in [-0.25, -0.2) is 4.79 Å². The second-order valence-corrected chi connectivity index (χ2v) is 8.40. The van der Waals surface area contributed by atoms with Crippen molar-refractivity contribution in [3.63, 3.8) is 0 Å². The van der Waals surface area contributed by atoms with Crippen LogP contribution in [-0.4, -0.2) is 69.8 Å². The Bertz CT molecular complexity index is 714. The fraction of sp³-hybridized carbons (Fsp3) is 0.579. The fourth-order valence-corrected chi connectivity index (χ4v) is 3.83. The summed E-state index contributed by atoms with van der Waals surface area (Å²) in [5, 5.41) is 24.5. The molecule has 2 heterocycles. The number of halogens is 1. The highest BCUT2D eigenvalue weighted by Gasteiger charge is 2.45.